The highest BCUT2D eigenvalue weighted by molar-refractivity contribution is 8.00. The Balaban J connectivity index is 1.90. The molecule has 0 aliphatic heterocycles. The van der Waals surface area contributed by atoms with Crippen molar-refractivity contribution in [3.63, 3.8) is 0 Å². The first-order chi connectivity index (χ1) is 13.0. The van der Waals surface area contributed by atoms with E-state index in [-0.39, 0.29) is 6.42 Å². The van der Waals surface area contributed by atoms with Crippen molar-refractivity contribution in [2.75, 3.05) is 0 Å². The fourth-order valence-electron chi connectivity index (χ4n) is 2.57. The summed E-state index contributed by atoms with van der Waals surface area (Å²) in [6.45, 7) is 0.372. The van der Waals surface area contributed by atoms with Crippen molar-refractivity contribution in [3.8, 4) is 0 Å². The molecule has 2 amide bonds. The Labute approximate surface area is 159 Å². The zero-order chi connectivity index (χ0) is 19.2. The molecule has 0 saturated heterocycles. The van der Waals surface area contributed by atoms with Gasteiger partial charge >= 0.3 is 0 Å². The SMILES string of the molecule is NC(=O)CCc1nnc(SC(C(N)=O)c2ccccc2)n1Cc1ccco1. The van der Waals surface area contributed by atoms with Crippen LogP contribution in [0.5, 0.6) is 0 Å². The summed E-state index contributed by atoms with van der Waals surface area (Å²) in [4.78, 5) is 23.2. The molecule has 2 heterocycles. The lowest BCUT2D eigenvalue weighted by Gasteiger charge is -2.14. The molecule has 0 bridgehead atoms. The van der Waals surface area contributed by atoms with Crippen LogP contribution in [0.2, 0.25) is 0 Å². The van der Waals surface area contributed by atoms with Crippen LogP contribution in [0.1, 0.15) is 28.8 Å². The van der Waals surface area contributed by atoms with Crippen molar-refractivity contribution < 1.29 is 14.0 Å². The van der Waals surface area contributed by atoms with Gasteiger partial charge in [-0.2, -0.15) is 0 Å². The molecule has 27 heavy (non-hydrogen) atoms. The quantitative estimate of drug-likeness (QED) is 0.539. The van der Waals surface area contributed by atoms with Crippen LogP contribution in [0.25, 0.3) is 0 Å². The lowest BCUT2D eigenvalue weighted by molar-refractivity contribution is -0.118. The van der Waals surface area contributed by atoms with Gasteiger partial charge in [0.2, 0.25) is 11.8 Å². The molecule has 1 atom stereocenters. The average Bonchev–Trinajstić information content (AvgIpc) is 3.29. The standard InChI is InChI=1S/C18H19N5O3S/c19-14(24)8-9-15-21-22-18(23(15)11-13-7-4-10-26-13)27-16(17(20)25)12-5-2-1-3-6-12/h1-7,10,16H,8-9,11H2,(H2,19,24)(H2,20,25). The van der Waals surface area contributed by atoms with E-state index >= 15 is 0 Å². The van der Waals surface area contributed by atoms with Crippen molar-refractivity contribution in [2.24, 2.45) is 11.5 Å². The van der Waals surface area contributed by atoms with Gasteiger partial charge in [0.15, 0.2) is 5.16 Å². The number of hydrogen-bond donors (Lipinski definition) is 2. The normalized spacial score (nSPS) is 12.0. The van der Waals surface area contributed by atoms with E-state index in [1.54, 1.807) is 12.3 Å². The zero-order valence-electron chi connectivity index (χ0n) is 14.4. The molecule has 8 nitrogen and oxygen atoms in total. The summed E-state index contributed by atoms with van der Waals surface area (Å²) in [5, 5.41) is 8.26. The lowest BCUT2D eigenvalue weighted by Crippen LogP contribution is -2.20. The molecule has 0 fully saturated rings. The third kappa shape index (κ3) is 4.76. The molecule has 0 radical (unpaired) electrons. The van der Waals surface area contributed by atoms with E-state index in [0.717, 1.165) is 5.56 Å². The lowest BCUT2D eigenvalue weighted by atomic mass is 10.1. The number of thioether (sulfide) groups is 1. The van der Waals surface area contributed by atoms with Crippen LogP contribution < -0.4 is 11.5 Å². The number of hydrogen-bond acceptors (Lipinski definition) is 6. The number of carbonyl (C=O) groups is 2. The van der Waals surface area contributed by atoms with E-state index in [2.05, 4.69) is 10.2 Å². The second-order valence-electron chi connectivity index (χ2n) is 5.84. The molecule has 2 aromatic heterocycles. The van der Waals surface area contributed by atoms with Gasteiger partial charge in [-0.1, -0.05) is 42.1 Å². The van der Waals surface area contributed by atoms with Gasteiger partial charge in [-0.15, -0.1) is 10.2 Å². The molecule has 3 aromatic rings. The van der Waals surface area contributed by atoms with Gasteiger partial charge in [0.1, 0.15) is 16.8 Å². The highest BCUT2D eigenvalue weighted by Gasteiger charge is 2.24. The molecular weight excluding hydrogens is 366 g/mol. The van der Waals surface area contributed by atoms with Crippen LogP contribution in [0.4, 0.5) is 0 Å². The third-order valence-electron chi connectivity index (χ3n) is 3.87. The molecule has 0 spiro atoms. The second-order valence-corrected chi connectivity index (χ2v) is 6.91. The molecule has 4 N–H and O–H groups in total. The van der Waals surface area contributed by atoms with Gasteiger partial charge in [0.05, 0.1) is 12.8 Å². The maximum atomic E-state index is 12.0. The van der Waals surface area contributed by atoms with Crippen molar-refractivity contribution >= 4 is 23.6 Å². The molecule has 0 aliphatic rings. The van der Waals surface area contributed by atoms with Gasteiger partial charge in [-0.05, 0) is 17.7 Å². The van der Waals surface area contributed by atoms with Gasteiger partial charge in [0, 0.05) is 12.8 Å². The molecule has 0 aliphatic carbocycles. The number of nitrogens with zero attached hydrogens (tertiary/aromatic N) is 3. The first-order valence-electron chi connectivity index (χ1n) is 8.28. The molecule has 3 rings (SSSR count). The van der Waals surface area contributed by atoms with Gasteiger partial charge in [-0.25, -0.2) is 0 Å². The third-order valence-corrected chi connectivity index (χ3v) is 5.12. The Morgan fingerprint density at radius 2 is 1.89 bits per heavy atom. The minimum absolute atomic E-state index is 0.152. The first kappa shape index (κ1) is 18.7. The predicted molar refractivity (Wildman–Crippen MR) is 99.6 cm³/mol. The minimum Gasteiger partial charge on any atom is -0.467 e. The zero-order valence-corrected chi connectivity index (χ0v) is 15.3. The fraction of sp³-hybridized carbons (Fsp3) is 0.222. The Kier molecular flexibility index (Phi) is 5.92. The van der Waals surface area contributed by atoms with E-state index in [9.17, 15) is 9.59 Å². The number of carbonyl (C=O) groups excluding carboxylic acids is 2. The highest BCUT2D eigenvalue weighted by atomic mass is 32.2. The van der Waals surface area contributed by atoms with Crippen molar-refractivity contribution in [3.05, 3.63) is 65.9 Å². The van der Waals surface area contributed by atoms with E-state index in [4.69, 9.17) is 15.9 Å². The smallest absolute Gasteiger partial charge is 0.235 e. The summed E-state index contributed by atoms with van der Waals surface area (Å²) in [6, 6.07) is 12.8. The van der Waals surface area contributed by atoms with Crippen molar-refractivity contribution in [1.29, 1.82) is 0 Å². The Morgan fingerprint density at radius 3 is 2.52 bits per heavy atom. The van der Waals surface area contributed by atoms with Crippen LogP contribution in [0, 0.1) is 0 Å². The van der Waals surface area contributed by atoms with Gasteiger partial charge < -0.3 is 15.9 Å². The Bertz CT molecular complexity index is 908. The average molecular weight is 385 g/mol. The number of amides is 2. The number of primary amides is 2. The van der Waals surface area contributed by atoms with Crippen LogP contribution in [0.15, 0.2) is 58.3 Å². The Morgan fingerprint density at radius 1 is 1.11 bits per heavy atom. The number of rotatable bonds is 9. The molecule has 9 heteroatoms. The fourth-order valence-corrected chi connectivity index (χ4v) is 3.57. The second kappa shape index (κ2) is 8.54. The number of aryl methyl sites for hydroxylation is 1. The molecule has 1 aromatic carbocycles. The predicted octanol–water partition coefficient (Wildman–Crippen LogP) is 1.66. The number of furan rings is 1. The number of nitrogens with two attached hydrogens (primary N) is 2. The monoisotopic (exact) mass is 385 g/mol. The van der Waals surface area contributed by atoms with E-state index in [1.807, 2.05) is 41.0 Å². The summed E-state index contributed by atoms with van der Waals surface area (Å²) in [5.74, 6) is 0.393. The van der Waals surface area contributed by atoms with Crippen molar-refractivity contribution in [1.82, 2.24) is 14.8 Å². The summed E-state index contributed by atoms with van der Waals surface area (Å²) in [7, 11) is 0. The minimum atomic E-state index is -0.616. The molecule has 0 saturated carbocycles. The maximum Gasteiger partial charge on any atom is 0.235 e. The van der Waals surface area contributed by atoms with Crippen molar-refractivity contribution in [2.45, 2.75) is 29.8 Å². The highest BCUT2D eigenvalue weighted by Crippen LogP contribution is 2.34. The van der Waals surface area contributed by atoms with E-state index in [0.29, 0.717) is 29.7 Å². The van der Waals surface area contributed by atoms with Crippen LogP contribution in [0.3, 0.4) is 0 Å². The van der Waals surface area contributed by atoms with Crippen LogP contribution in [-0.2, 0) is 22.6 Å². The van der Waals surface area contributed by atoms with Crippen LogP contribution >= 0.6 is 11.8 Å². The van der Waals surface area contributed by atoms with E-state index < -0.39 is 17.1 Å². The molecular formula is C18H19N5O3S. The Hall–Kier alpha value is -3.07. The topological polar surface area (TPSA) is 130 Å². The maximum absolute atomic E-state index is 12.0. The summed E-state index contributed by atoms with van der Waals surface area (Å²) < 4.78 is 7.22. The molecule has 140 valence electrons. The summed E-state index contributed by atoms with van der Waals surface area (Å²) in [5.41, 5.74) is 11.6. The summed E-state index contributed by atoms with van der Waals surface area (Å²) in [6.07, 6.45) is 2.07. The first-order valence-corrected chi connectivity index (χ1v) is 9.16. The number of benzene rings is 1. The van der Waals surface area contributed by atoms with Gasteiger partial charge in [0.25, 0.3) is 0 Å². The number of aromatic nitrogens is 3. The van der Waals surface area contributed by atoms with Crippen LogP contribution in [-0.4, -0.2) is 26.6 Å². The van der Waals surface area contributed by atoms with Gasteiger partial charge in [-0.3, -0.25) is 14.2 Å². The summed E-state index contributed by atoms with van der Waals surface area (Å²) >= 11 is 1.21. The van der Waals surface area contributed by atoms with E-state index in [1.165, 1.54) is 11.8 Å². The molecule has 1 unspecified atom stereocenters. The largest absolute Gasteiger partial charge is 0.467 e.